The Morgan fingerprint density at radius 1 is 0.381 bits per heavy atom. The van der Waals surface area contributed by atoms with Gasteiger partial charge in [0.25, 0.3) is 0 Å². The molecule has 0 spiro atoms. The Hall–Kier alpha value is -7.78. The van der Waals surface area contributed by atoms with Gasteiger partial charge in [-0.25, -0.2) is 0 Å². The van der Waals surface area contributed by atoms with Crippen molar-refractivity contribution in [1.29, 1.82) is 0 Å². The van der Waals surface area contributed by atoms with E-state index in [0.29, 0.717) is 0 Å². The fourth-order valence-electron chi connectivity index (χ4n) is 8.26. The normalized spacial score (nSPS) is 20.8. The number of rotatable bonds is 8. The zero-order chi connectivity index (χ0) is 67.9. The van der Waals surface area contributed by atoms with Gasteiger partial charge in [-0.1, -0.05) is 212 Å². The summed E-state index contributed by atoms with van der Waals surface area (Å²) < 4.78 is 272. The summed E-state index contributed by atoms with van der Waals surface area (Å²) in [7, 11) is 0. The first kappa shape index (κ1) is 17.5. The minimum absolute atomic E-state index is 0.00988. The van der Waals surface area contributed by atoms with Crippen molar-refractivity contribution >= 4 is 48.6 Å². The van der Waals surface area contributed by atoms with Crippen LogP contribution in [0.1, 0.15) is 63.4 Å². The van der Waals surface area contributed by atoms with Crippen LogP contribution in [0.2, 0.25) is 0 Å². The molecule has 0 radical (unpaired) electrons. The van der Waals surface area contributed by atoms with Gasteiger partial charge in [-0.05, 0) is 97.5 Å². The molecule has 0 bridgehead atoms. The Kier molecular flexibility index (Phi) is 4.26. The molecule has 2 heteroatoms. The monoisotopic (exact) mass is 849 g/mol. The SMILES string of the molecule is [2H]c1c([2H])c([2H])c(-c2c([2H])c([2H])c(N(c3cccc4c3-c3ccccc3C4(c3ccc(-c4c([2H])c([2H])c([2H])c5c4sc4c([2H])c([2H])c([2H])c([2H])c45)cc3)c3c([2H])c([2H])c([2H])c([2H])c3[2H])c3c([2H])c([2H])c(-c4c([2H])c([2H])c([2H])c([2H])c4[2H])c([2H])c3[2H])c([2H])c2[2H])c([2H])c1[2H]. The average Bonchev–Trinajstić information content (AvgIpc) is 1.56. The molecule has 0 aliphatic heterocycles. The zero-order valence-corrected chi connectivity index (χ0v) is 33.0. The Bertz CT molecular complexity index is 4950. The second-order valence-corrected chi connectivity index (χ2v) is 15.1. The van der Waals surface area contributed by atoms with E-state index < -0.39 is 220 Å². The molecular formula is C61H41NS. The topological polar surface area (TPSA) is 3.24 Å². The van der Waals surface area contributed by atoms with Crippen molar-refractivity contribution in [2.45, 2.75) is 5.41 Å². The summed E-state index contributed by atoms with van der Waals surface area (Å²) in [4.78, 5) is 0.855. The minimum Gasteiger partial charge on any atom is -0.310 e. The molecule has 1 nitrogen and oxygen atoms in total. The summed E-state index contributed by atoms with van der Waals surface area (Å²) in [6.07, 6.45) is 0. The standard InChI is InChI=1S/C61H41NS/c1-4-16-42(17-5-1)44-32-38-49(39-33-44)62(50-40-34-45(35-41-50)43-18-6-2-7-19-43)57-28-15-27-56-59(57)54-23-10-12-26-55(54)61(56,47-20-8-3-9-21-47)48-36-30-46(31-37-48)51-24-14-25-53-52-22-11-13-29-58(52)63-60(51)53/h1-41H/i1D,2D,3D,4D,5D,6D,7D,8D,9D,11D,13D,14D,16D,17D,18D,19D,20D,21D,22D,24D,25D,29D,32D,33D,34D,35D,38D,39D,40D,41D. The molecule has 1 aromatic heterocycles. The second kappa shape index (κ2) is 15.3. The van der Waals surface area contributed by atoms with Crippen LogP contribution in [0.3, 0.4) is 0 Å². The number of benzene rings is 10. The molecule has 0 N–H and O–H groups in total. The molecule has 0 saturated carbocycles. The van der Waals surface area contributed by atoms with E-state index in [-0.39, 0.29) is 70.4 Å². The van der Waals surface area contributed by atoms with Gasteiger partial charge in [-0.3, -0.25) is 0 Å². The maximum Gasteiger partial charge on any atom is 0.0714 e. The largest absolute Gasteiger partial charge is 0.310 e. The van der Waals surface area contributed by atoms with Gasteiger partial charge in [0, 0.05) is 37.1 Å². The lowest BCUT2D eigenvalue weighted by atomic mass is 9.67. The fourth-order valence-corrected chi connectivity index (χ4v) is 9.35. The lowest BCUT2D eigenvalue weighted by Crippen LogP contribution is -2.28. The highest BCUT2D eigenvalue weighted by atomic mass is 32.1. The van der Waals surface area contributed by atoms with Gasteiger partial charge in [0.1, 0.15) is 0 Å². The summed E-state index contributed by atoms with van der Waals surface area (Å²) in [5.41, 5.74) is -6.73. The summed E-state index contributed by atoms with van der Waals surface area (Å²) in [5.74, 6) is 0. The van der Waals surface area contributed by atoms with Crippen molar-refractivity contribution in [3.8, 4) is 44.5 Å². The first-order valence-corrected chi connectivity index (χ1v) is 20.0. The maximum atomic E-state index is 9.87. The van der Waals surface area contributed by atoms with Gasteiger partial charge in [0.2, 0.25) is 0 Å². The molecule has 1 heterocycles. The number of nitrogens with zero attached hydrogens (tertiary/aromatic N) is 1. The zero-order valence-electron chi connectivity index (χ0n) is 62.2. The number of anilines is 3. The van der Waals surface area contributed by atoms with E-state index in [4.69, 9.17) is 26.0 Å². The van der Waals surface area contributed by atoms with Gasteiger partial charge in [0.05, 0.1) is 52.2 Å². The van der Waals surface area contributed by atoms with Crippen LogP contribution in [-0.2, 0) is 5.41 Å². The van der Waals surface area contributed by atoms with Crippen molar-refractivity contribution in [2.75, 3.05) is 4.90 Å². The Morgan fingerprint density at radius 2 is 0.937 bits per heavy atom. The predicted molar refractivity (Wildman–Crippen MR) is 268 cm³/mol. The van der Waals surface area contributed by atoms with Crippen LogP contribution in [0.5, 0.6) is 0 Å². The fraction of sp³-hybridized carbons (Fsp3) is 0.0164. The number of hydrogen-bond acceptors (Lipinski definition) is 2. The van der Waals surface area contributed by atoms with Gasteiger partial charge < -0.3 is 4.90 Å². The smallest absolute Gasteiger partial charge is 0.0714 e. The van der Waals surface area contributed by atoms with Crippen molar-refractivity contribution in [3.63, 3.8) is 0 Å². The van der Waals surface area contributed by atoms with Crippen molar-refractivity contribution in [1.82, 2.24) is 0 Å². The van der Waals surface area contributed by atoms with Crippen LogP contribution in [0.4, 0.5) is 17.1 Å². The molecule has 1 aliphatic carbocycles. The van der Waals surface area contributed by atoms with Crippen molar-refractivity contribution in [2.24, 2.45) is 0 Å². The summed E-state index contributed by atoms with van der Waals surface area (Å²) in [5, 5.41) is -0.0400. The molecule has 63 heavy (non-hydrogen) atoms. The molecule has 0 fully saturated rings. The predicted octanol–water partition coefficient (Wildman–Crippen LogP) is 16.9. The first-order chi connectivity index (χ1) is 43.7. The quantitative estimate of drug-likeness (QED) is 0.147. The third kappa shape index (κ3) is 6.06. The highest BCUT2D eigenvalue weighted by molar-refractivity contribution is 7.26. The highest BCUT2D eigenvalue weighted by Crippen LogP contribution is 2.59. The van der Waals surface area contributed by atoms with Gasteiger partial charge in [-0.2, -0.15) is 0 Å². The molecule has 1 atom stereocenters. The van der Waals surface area contributed by atoms with Crippen LogP contribution in [0.25, 0.3) is 64.7 Å². The van der Waals surface area contributed by atoms with Crippen LogP contribution in [0, 0.1) is 0 Å². The van der Waals surface area contributed by atoms with Crippen LogP contribution in [-0.4, -0.2) is 0 Å². The second-order valence-electron chi connectivity index (χ2n) is 14.1. The van der Waals surface area contributed by atoms with E-state index in [2.05, 4.69) is 0 Å². The molecule has 1 aliphatic rings. The van der Waals surface area contributed by atoms with E-state index in [1.165, 1.54) is 42.5 Å². The first-order valence-electron chi connectivity index (χ1n) is 34.2. The summed E-state index contributed by atoms with van der Waals surface area (Å²) in [6.45, 7) is 0. The van der Waals surface area contributed by atoms with E-state index in [9.17, 15) is 15.1 Å². The van der Waals surface area contributed by atoms with Gasteiger partial charge in [0.15, 0.2) is 0 Å². The van der Waals surface area contributed by atoms with Gasteiger partial charge >= 0.3 is 0 Å². The number of fused-ring (bicyclic) bond motifs is 6. The molecular weight excluding hydrogens is 779 g/mol. The molecule has 1 unspecified atom stereocenters. The van der Waals surface area contributed by atoms with E-state index in [0.717, 1.165) is 16.2 Å². The van der Waals surface area contributed by atoms with Crippen molar-refractivity contribution < 1.29 is 41.1 Å². The van der Waals surface area contributed by atoms with Crippen LogP contribution in [0.15, 0.2) is 248 Å². The Labute approximate surface area is 414 Å². The van der Waals surface area contributed by atoms with Crippen LogP contribution < -0.4 is 4.90 Å². The lowest BCUT2D eigenvalue weighted by molar-refractivity contribution is 0.768. The van der Waals surface area contributed by atoms with Crippen molar-refractivity contribution in [3.05, 3.63) is 270 Å². The van der Waals surface area contributed by atoms with Gasteiger partial charge in [-0.15, -0.1) is 11.3 Å². The van der Waals surface area contributed by atoms with E-state index in [1.54, 1.807) is 24.3 Å². The lowest BCUT2D eigenvalue weighted by Gasteiger charge is -2.34. The Balaban J connectivity index is 1.22. The average molecular weight is 850 g/mol. The summed E-state index contributed by atoms with van der Waals surface area (Å²) in [6, 6.07) is -7.83. The highest BCUT2D eigenvalue weighted by Gasteiger charge is 2.47. The van der Waals surface area contributed by atoms with E-state index >= 15 is 0 Å². The van der Waals surface area contributed by atoms with Crippen LogP contribution >= 0.6 is 11.3 Å². The van der Waals surface area contributed by atoms with E-state index in [1.807, 2.05) is 0 Å². The molecule has 296 valence electrons. The summed E-state index contributed by atoms with van der Waals surface area (Å²) >= 11 is 0.886. The molecule has 12 rings (SSSR count). The minimum atomic E-state index is -2.11. The molecule has 0 saturated heterocycles. The maximum absolute atomic E-state index is 9.87. The third-order valence-electron chi connectivity index (χ3n) is 10.9. The molecule has 0 amide bonds. The Morgan fingerprint density at radius 3 is 1.60 bits per heavy atom. The molecule has 10 aromatic carbocycles. The molecule has 11 aromatic rings. The third-order valence-corrected chi connectivity index (χ3v) is 12.0. The number of thiophene rings is 1. The number of hydrogen-bond donors (Lipinski definition) is 0.